The molecule has 0 amide bonds. The van der Waals surface area contributed by atoms with Gasteiger partial charge in [0.25, 0.3) is 5.78 Å². The van der Waals surface area contributed by atoms with Gasteiger partial charge in [-0.1, -0.05) is 48.0 Å². The Kier molecular flexibility index (Phi) is 3.28. The molecular formula is C17H10ClFN4. The summed E-state index contributed by atoms with van der Waals surface area (Å²) in [4.78, 5) is 8.35. The molecule has 0 saturated heterocycles. The zero-order chi connectivity index (χ0) is 15.8. The summed E-state index contributed by atoms with van der Waals surface area (Å²) in [6.07, 6.45) is 3.00. The highest BCUT2D eigenvalue weighted by atomic mass is 35.5. The first-order valence-corrected chi connectivity index (χ1v) is 7.32. The Hall–Kier alpha value is -2.79. The zero-order valence-corrected chi connectivity index (χ0v) is 12.6. The quantitative estimate of drug-likeness (QED) is 0.553. The number of benzene rings is 2. The van der Waals surface area contributed by atoms with Crippen molar-refractivity contribution in [1.82, 2.24) is 19.6 Å². The van der Waals surface area contributed by atoms with Crippen LogP contribution < -0.4 is 0 Å². The maximum Gasteiger partial charge on any atom is 0.252 e. The molecule has 0 radical (unpaired) electrons. The van der Waals surface area contributed by atoms with E-state index in [1.165, 1.54) is 12.4 Å². The van der Waals surface area contributed by atoms with Crippen LogP contribution in [0.3, 0.4) is 0 Å². The van der Waals surface area contributed by atoms with Crippen molar-refractivity contribution in [3.8, 4) is 22.4 Å². The number of hydrogen-bond acceptors (Lipinski definition) is 3. The van der Waals surface area contributed by atoms with Crippen molar-refractivity contribution in [3.63, 3.8) is 0 Å². The van der Waals surface area contributed by atoms with E-state index in [-0.39, 0.29) is 0 Å². The molecule has 4 nitrogen and oxygen atoms in total. The van der Waals surface area contributed by atoms with E-state index in [4.69, 9.17) is 11.6 Å². The van der Waals surface area contributed by atoms with Crippen molar-refractivity contribution in [2.75, 3.05) is 0 Å². The van der Waals surface area contributed by atoms with Gasteiger partial charge in [0.15, 0.2) is 0 Å². The van der Waals surface area contributed by atoms with E-state index in [9.17, 15) is 4.39 Å². The Morgan fingerprint density at radius 3 is 2.57 bits per heavy atom. The first-order valence-electron chi connectivity index (χ1n) is 6.94. The lowest BCUT2D eigenvalue weighted by Crippen LogP contribution is -2.01. The van der Waals surface area contributed by atoms with Crippen molar-refractivity contribution in [2.24, 2.45) is 0 Å². The molecule has 2 aromatic carbocycles. The number of halogens is 2. The van der Waals surface area contributed by atoms with Crippen LogP contribution >= 0.6 is 11.6 Å². The topological polar surface area (TPSA) is 43.1 Å². The lowest BCUT2D eigenvalue weighted by molar-refractivity contribution is 0.631. The minimum absolute atomic E-state index is 0.304. The standard InChI is InChI=1S/C17H10ClFN4/c18-13-7-4-8-14(19)15(13)12-9-20-17-21-10-22-23(17)16(12)11-5-2-1-3-6-11/h1-10H. The van der Waals surface area contributed by atoms with Gasteiger partial charge in [-0.25, -0.2) is 9.37 Å². The van der Waals surface area contributed by atoms with Gasteiger partial charge in [0.2, 0.25) is 0 Å². The molecule has 6 heteroatoms. The summed E-state index contributed by atoms with van der Waals surface area (Å²) in [6, 6.07) is 14.2. The van der Waals surface area contributed by atoms with E-state index in [1.807, 2.05) is 30.3 Å². The first kappa shape index (κ1) is 13.8. The summed E-state index contributed by atoms with van der Waals surface area (Å²) in [5.74, 6) is 0.0380. The molecule has 0 fully saturated rings. The van der Waals surface area contributed by atoms with E-state index >= 15 is 0 Å². The summed E-state index contributed by atoms with van der Waals surface area (Å²) < 4.78 is 16.0. The van der Waals surface area contributed by atoms with Gasteiger partial charge < -0.3 is 0 Å². The van der Waals surface area contributed by atoms with Crippen LogP contribution in [0.5, 0.6) is 0 Å². The number of nitrogens with zero attached hydrogens (tertiary/aromatic N) is 4. The van der Waals surface area contributed by atoms with E-state index < -0.39 is 5.82 Å². The summed E-state index contributed by atoms with van der Waals surface area (Å²) in [6.45, 7) is 0. The van der Waals surface area contributed by atoms with Gasteiger partial charge in [-0.05, 0) is 12.1 Å². The number of rotatable bonds is 2. The largest absolute Gasteiger partial charge is 0.252 e. The summed E-state index contributed by atoms with van der Waals surface area (Å²) in [5.41, 5.74) is 2.44. The molecule has 0 aliphatic heterocycles. The molecule has 0 unspecified atom stereocenters. The molecule has 0 spiro atoms. The Bertz CT molecular complexity index is 978. The maximum absolute atomic E-state index is 14.4. The Morgan fingerprint density at radius 1 is 0.957 bits per heavy atom. The van der Waals surface area contributed by atoms with Crippen molar-refractivity contribution in [1.29, 1.82) is 0 Å². The van der Waals surface area contributed by atoms with Gasteiger partial charge in [-0.3, -0.25) is 0 Å². The molecule has 112 valence electrons. The molecule has 23 heavy (non-hydrogen) atoms. The highest BCUT2D eigenvalue weighted by molar-refractivity contribution is 6.33. The van der Waals surface area contributed by atoms with Crippen molar-refractivity contribution < 1.29 is 4.39 Å². The highest BCUT2D eigenvalue weighted by Gasteiger charge is 2.19. The molecule has 0 atom stereocenters. The van der Waals surface area contributed by atoms with Crippen LogP contribution in [0.25, 0.3) is 28.2 Å². The summed E-state index contributed by atoms with van der Waals surface area (Å²) >= 11 is 6.24. The molecule has 4 aromatic rings. The van der Waals surface area contributed by atoms with E-state index in [0.717, 1.165) is 5.56 Å². The van der Waals surface area contributed by atoms with Gasteiger partial charge >= 0.3 is 0 Å². The Morgan fingerprint density at radius 2 is 1.78 bits per heavy atom. The molecular weight excluding hydrogens is 315 g/mol. The highest BCUT2D eigenvalue weighted by Crippen LogP contribution is 2.36. The van der Waals surface area contributed by atoms with Crippen molar-refractivity contribution >= 4 is 17.4 Å². The SMILES string of the molecule is Fc1cccc(Cl)c1-c1cnc2ncnn2c1-c1ccccc1. The molecule has 0 bridgehead atoms. The van der Waals surface area contributed by atoms with Crippen molar-refractivity contribution in [2.45, 2.75) is 0 Å². The minimum Gasteiger partial charge on any atom is -0.219 e. The summed E-state index contributed by atoms with van der Waals surface area (Å²) in [7, 11) is 0. The van der Waals surface area contributed by atoms with Crippen LogP contribution in [0.1, 0.15) is 0 Å². The second-order valence-corrected chi connectivity index (χ2v) is 5.36. The van der Waals surface area contributed by atoms with Gasteiger partial charge in [0, 0.05) is 22.9 Å². The van der Waals surface area contributed by atoms with Crippen LogP contribution in [0.15, 0.2) is 61.1 Å². The normalized spacial score (nSPS) is 11.0. The third-order valence-electron chi connectivity index (χ3n) is 3.59. The Labute approximate surface area is 136 Å². The molecule has 0 aliphatic carbocycles. The number of fused-ring (bicyclic) bond motifs is 1. The van der Waals surface area contributed by atoms with Crippen LogP contribution in [0.2, 0.25) is 5.02 Å². The number of hydrogen-bond donors (Lipinski definition) is 0. The lowest BCUT2D eigenvalue weighted by atomic mass is 10.0. The maximum atomic E-state index is 14.4. The lowest BCUT2D eigenvalue weighted by Gasteiger charge is -2.13. The number of aromatic nitrogens is 4. The van der Waals surface area contributed by atoms with Crippen LogP contribution in [0, 0.1) is 5.82 Å². The second-order valence-electron chi connectivity index (χ2n) is 4.96. The van der Waals surface area contributed by atoms with Gasteiger partial charge in [-0.2, -0.15) is 14.6 Å². The molecule has 0 saturated carbocycles. The minimum atomic E-state index is -0.407. The zero-order valence-electron chi connectivity index (χ0n) is 11.8. The average molecular weight is 325 g/mol. The average Bonchev–Trinajstić information content (AvgIpc) is 3.04. The fraction of sp³-hybridized carbons (Fsp3) is 0. The van der Waals surface area contributed by atoms with E-state index in [1.54, 1.807) is 22.8 Å². The third kappa shape index (κ3) is 2.26. The predicted molar refractivity (Wildman–Crippen MR) is 86.6 cm³/mol. The van der Waals surface area contributed by atoms with Gasteiger partial charge in [0.1, 0.15) is 12.1 Å². The van der Waals surface area contributed by atoms with Crippen LogP contribution in [-0.2, 0) is 0 Å². The smallest absolute Gasteiger partial charge is 0.219 e. The summed E-state index contributed by atoms with van der Waals surface area (Å²) in [5, 5.41) is 4.54. The fourth-order valence-corrected chi connectivity index (χ4v) is 2.86. The van der Waals surface area contributed by atoms with Crippen molar-refractivity contribution in [3.05, 3.63) is 71.9 Å². The van der Waals surface area contributed by atoms with Crippen LogP contribution in [0.4, 0.5) is 4.39 Å². The van der Waals surface area contributed by atoms with Gasteiger partial charge in [-0.15, -0.1) is 0 Å². The molecule has 4 rings (SSSR count). The molecule has 0 aliphatic rings. The monoisotopic (exact) mass is 324 g/mol. The predicted octanol–water partition coefficient (Wildman–Crippen LogP) is 4.25. The molecule has 0 N–H and O–H groups in total. The van der Waals surface area contributed by atoms with Crippen LogP contribution in [-0.4, -0.2) is 19.6 Å². The fourth-order valence-electron chi connectivity index (χ4n) is 2.59. The molecule has 2 heterocycles. The Balaban J connectivity index is 2.12. The second kappa shape index (κ2) is 5.44. The first-order chi connectivity index (χ1) is 11.3. The molecule has 2 aromatic heterocycles. The third-order valence-corrected chi connectivity index (χ3v) is 3.90. The van der Waals surface area contributed by atoms with E-state index in [2.05, 4.69) is 15.1 Å². The van der Waals surface area contributed by atoms with E-state index in [0.29, 0.717) is 27.6 Å². The van der Waals surface area contributed by atoms with Gasteiger partial charge in [0.05, 0.1) is 10.7 Å².